The first-order valence-electron chi connectivity index (χ1n) is 14.4. The van der Waals surface area contributed by atoms with Crippen molar-refractivity contribution in [2.45, 2.75) is 77.2 Å². The van der Waals surface area contributed by atoms with Gasteiger partial charge in [-0.1, -0.05) is 37.6 Å². The number of nitrogens with zero attached hydrogens (tertiary/aromatic N) is 2. The number of hydrogen-bond donors (Lipinski definition) is 3. The number of nitriles is 1. The molecule has 13 heteroatoms. The minimum Gasteiger partial charge on any atom is -0.490 e. The lowest BCUT2D eigenvalue weighted by atomic mass is 9.80. The van der Waals surface area contributed by atoms with Gasteiger partial charge in [-0.05, 0) is 68.2 Å². The summed E-state index contributed by atoms with van der Waals surface area (Å²) < 4.78 is 45.9. The molecule has 0 aliphatic carbocycles. The number of rotatable bonds is 2. The molecule has 1 fully saturated rings. The van der Waals surface area contributed by atoms with Crippen LogP contribution >= 0.6 is 0 Å². The molecule has 1 aromatic rings. The predicted octanol–water partition coefficient (Wildman–Crippen LogP) is 3.72. The van der Waals surface area contributed by atoms with Crippen LogP contribution in [0.1, 0.15) is 58.4 Å². The summed E-state index contributed by atoms with van der Waals surface area (Å²) in [6, 6.07) is 3.19. The first-order chi connectivity index (χ1) is 20.6. The number of ether oxygens (including phenoxy) is 1. The number of fused-ring (bicyclic) bond motifs is 2. The molecule has 3 aliphatic rings. The predicted molar refractivity (Wildman–Crippen MR) is 154 cm³/mol. The Balaban J connectivity index is 1.75. The number of nitrogens with one attached hydrogen (secondary N) is 3. The third-order valence-electron chi connectivity index (χ3n) is 8.12. The van der Waals surface area contributed by atoms with Gasteiger partial charge in [-0.2, -0.15) is 18.4 Å². The molecule has 0 radical (unpaired) electrons. The molecule has 0 saturated carbocycles. The van der Waals surface area contributed by atoms with Gasteiger partial charge in [0.1, 0.15) is 30.5 Å². The van der Waals surface area contributed by atoms with Crippen molar-refractivity contribution in [2.75, 3.05) is 18.5 Å². The summed E-state index contributed by atoms with van der Waals surface area (Å²) in [6.45, 7) is 6.93. The van der Waals surface area contributed by atoms with E-state index in [0.29, 0.717) is 17.0 Å². The smallest absolute Gasteiger partial charge is 0.471 e. The number of hydrogen-bond acceptors (Lipinski definition) is 6. The molecule has 3 heterocycles. The highest BCUT2D eigenvalue weighted by Crippen LogP contribution is 2.38. The van der Waals surface area contributed by atoms with Gasteiger partial charge < -0.3 is 25.6 Å². The van der Waals surface area contributed by atoms with E-state index >= 15 is 0 Å². The molecule has 10 nitrogen and oxygen atoms in total. The lowest BCUT2D eigenvalue weighted by molar-refractivity contribution is -0.176. The molecule has 44 heavy (non-hydrogen) atoms. The second kappa shape index (κ2) is 12.7. The van der Waals surface area contributed by atoms with Crippen LogP contribution in [0.15, 0.2) is 42.0 Å². The van der Waals surface area contributed by atoms with E-state index in [4.69, 9.17) is 4.74 Å². The summed E-state index contributed by atoms with van der Waals surface area (Å²) in [7, 11) is 0. The molecule has 4 rings (SSSR count). The van der Waals surface area contributed by atoms with E-state index in [1.807, 2.05) is 31.3 Å². The first kappa shape index (κ1) is 32.6. The Kier molecular flexibility index (Phi) is 9.41. The molecule has 4 amide bonds. The maximum Gasteiger partial charge on any atom is 0.471 e. The van der Waals surface area contributed by atoms with Gasteiger partial charge in [0.15, 0.2) is 0 Å². The monoisotopic (exact) mass is 615 g/mol. The molecule has 1 unspecified atom stereocenters. The van der Waals surface area contributed by atoms with Gasteiger partial charge in [0.05, 0.1) is 12.0 Å². The van der Waals surface area contributed by atoms with Crippen LogP contribution in [-0.4, -0.2) is 66.0 Å². The largest absolute Gasteiger partial charge is 0.490 e. The maximum absolute atomic E-state index is 14.1. The van der Waals surface area contributed by atoms with Gasteiger partial charge in [-0.3, -0.25) is 19.2 Å². The Morgan fingerprint density at radius 3 is 2.55 bits per heavy atom. The van der Waals surface area contributed by atoms with E-state index < -0.39 is 53.4 Å². The summed E-state index contributed by atoms with van der Waals surface area (Å²) in [5.74, 6) is -4.72. The van der Waals surface area contributed by atoms with E-state index in [9.17, 15) is 37.6 Å². The molecule has 2 bridgehead atoms. The van der Waals surface area contributed by atoms with Crippen molar-refractivity contribution in [3.63, 3.8) is 0 Å². The average Bonchev–Trinajstić information content (AvgIpc) is 3.49. The topological polar surface area (TPSA) is 141 Å². The third-order valence-corrected chi connectivity index (χ3v) is 8.12. The van der Waals surface area contributed by atoms with Crippen LogP contribution in [0, 0.1) is 22.7 Å². The van der Waals surface area contributed by atoms with Gasteiger partial charge in [-0.25, -0.2) is 0 Å². The van der Waals surface area contributed by atoms with Gasteiger partial charge in [0.2, 0.25) is 17.7 Å². The van der Waals surface area contributed by atoms with Crippen LogP contribution in [0.2, 0.25) is 0 Å². The van der Waals surface area contributed by atoms with Crippen molar-refractivity contribution in [1.29, 1.82) is 5.26 Å². The Labute approximate surface area is 253 Å². The van der Waals surface area contributed by atoms with E-state index in [1.165, 1.54) is 4.90 Å². The summed E-state index contributed by atoms with van der Waals surface area (Å²) in [5, 5.41) is 17.2. The van der Waals surface area contributed by atoms with Crippen molar-refractivity contribution < 1.29 is 37.1 Å². The van der Waals surface area contributed by atoms with Crippen molar-refractivity contribution >= 4 is 29.3 Å². The minimum absolute atomic E-state index is 0.0264. The average molecular weight is 616 g/mol. The van der Waals surface area contributed by atoms with Gasteiger partial charge >= 0.3 is 12.1 Å². The SMILES string of the molecule is CC(C)=C[C@@H]1C[C@H]2C(=O)NC(C#N)C[C@H]3C(=O)Nc4ccc(cc43)OC/C=C\CC(C)(C)[C@H](NC(=O)C(F)(F)F)C(=O)N2C1. The van der Waals surface area contributed by atoms with Crippen LogP contribution in [0.5, 0.6) is 5.75 Å². The van der Waals surface area contributed by atoms with Gasteiger partial charge in [0, 0.05) is 12.2 Å². The highest BCUT2D eigenvalue weighted by Gasteiger charge is 2.49. The van der Waals surface area contributed by atoms with E-state index in [-0.39, 0.29) is 44.2 Å². The highest BCUT2D eigenvalue weighted by atomic mass is 19.4. The second-order valence-corrected chi connectivity index (χ2v) is 12.3. The minimum atomic E-state index is -5.24. The molecular weight excluding hydrogens is 579 g/mol. The highest BCUT2D eigenvalue weighted by molar-refractivity contribution is 6.03. The van der Waals surface area contributed by atoms with Crippen molar-refractivity contribution in [3.8, 4) is 11.8 Å². The van der Waals surface area contributed by atoms with Crippen LogP contribution in [0.4, 0.5) is 18.9 Å². The summed E-state index contributed by atoms with van der Waals surface area (Å²) >= 11 is 0. The fourth-order valence-electron chi connectivity index (χ4n) is 5.92. The quantitative estimate of drug-likeness (QED) is 0.434. The maximum atomic E-state index is 14.1. The lowest BCUT2D eigenvalue weighted by Crippen LogP contribution is -2.60. The number of halogens is 3. The zero-order valence-corrected chi connectivity index (χ0v) is 25.0. The lowest BCUT2D eigenvalue weighted by Gasteiger charge is -2.37. The summed E-state index contributed by atoms with van der Waals surface area (Å²) in [5.41, 5.74) is 0.907. The third kappa shape index (κ3) is 7.23. The second-order valence-electron chi connectivity index (χ2n) is 12.3. The molecule has 3 aliphatic heterocycles. The zero-order valence-electron chi connectivity index (χ0n) is 25.0. The van der Waals surface area contributed by atoms with E-state index in [1.54, 1.807) is 44.2 Å². The molecule has 3 N–H and O–H groups in total. The Hall–Kier alpha value is -4.34. The fourth-order valence-corrected chi connectivity index (χ4v) is 5.92. The van der Waals surface area contributed by atoms with Crippen molar-refractivity contribution in [2.24, 2.45) is 11.3 Å². The van der Waals surface area contributed by atoms with Crippen LogP contribution in [0.25, 0.3) is 0 Å². The summed E-state index contributed by atoms with van der Waals surface area (Å²) in [6.07, 6.45) is 0.137. The standard InChI is InChI=1S/C31H36F3N5O5/c1-17(2)11-18-12-24-27(41)36-19(15-35)13-22-21-14-20(7-8-23(21)37-26(22)40)44-10-6-5-9-30(3,4)25(28(42)39(24)16-18)38-29(43)31(32,33)34/h5-8,11,14,18-19,22,24-25H,9-10,12-13,16H2,1-4H3,(H,36,41)(H,37,40)(H,38,43)/b6-5-/t18-,19?,22-,24+,25-/m1/s1. The van der Waals surface area contributed by atoms with E-state index in [2.05, 4.69) is 10.6 Å². The molecule has 5 atom stereocenters. The van der Waals surface area contributed by atoms with Crippen molar-refractivity contribution in [3.05, 3.63) is 47.6 Å². The molecule has 0 aromatic heterocycles. The Morgan fingerprint density at radius 2 is 1.89 bits per heavy atom. The molecule has 1 aromatic carbocycles. The van der Waals surface area contributed by atoms with Gasteiger partial charge in [0.25, 0.3) is 0 Å². The zero-order chi connectivity index (χ0) is 32.4. The van der Waals surface area contributed by atoms with Crippen LogP contribution in [-0.2, 0) is 19.2 Å². The molecule has 236 valence electrons. The normalized spacial score (nSPS) is 27.8. The number of carbonyl (C=O) groups excluding carboxylic acids is 4. The van der Waals surface area contributed by atoms with Crippen LogP contribution in [0.3, 0.4) is 0 Å². The number of amides is 4. The van der Waals surface area contributed by atoms with Gasteiger partial charge in [-0.15, -0.1) is 0 Å². The Morgan fingerprint density at radius 1 is 1.16 bits per heavy atom. The Bertz CT molecular complexity index is 1430. The number of benzene rings is 1. The fraction of sp³-hybridized carbons (Fsp3) is 0.516. The number of alkyl halides is 3. The molecule has 1 saturated heterocycles. The number of anilines is 1. The van der Waals surface area contributed by atoms with Crippen LogP contribution < -0.4 is 20.7 Å². The summed E-state index contributed by atoms with van der Waals surface area (Å²) in [4.78, 5) is 53.9. The number of allylic oxidation sites excluding steroid dienone is 2. The number of carbonyl (C=O) groups is 4. The molecular formula is C31H36F3N5O5. The van der Waals surface area contributed by atoms with E-state index in [0.717, 1.165) is 5.57 Å². The molecule has 0 spiro atoms. The first-order valence-corrected chi connectivity index (χ1v) is 14.4. The van der Waals surface area contributed by atoms with Crippen molar-refractivity contribution in [1.82, 2.24) is 15.5 Å².